The molecule has 0 unspecified atom stereocenters. The highest BCUT2D eigenvalue weighted by Gasteiger charge is 2.05. The van der Waals surface area contributed by atoms with Crippen molar-refractivity contribution in [1.82, 2.24) is 4.98 Å². The van der Waals surface area contributed by atoms with Gasteiger partial charge in [0.05, 0.1) is 0 Å². The molecule has 3 N–H and O–H groups in total. The van der Waals surface area contributed by atoms with Crippen molar-refractivity contribution in [3.8, 4) is 0 Å². The van der Waals surface area contributed by atoms with E-state index < -0.39 is 0 Å². The van der Waals surface area contributed by atoms with E-state index in [-0.39, 0.29) is 5.84 Å². The van der Waals surface area contributed by atoms with Crippen molar-refractivity contribution in [2.75, 3.05) is 11.9 Å². The lowest BCUT2D eigenvalue weighted by Crippen LogP contribution is -2.19. The number of nitrogens with zero attached hydrogens (tertiary/aromatic N) is 3. The predicted molar refractivity (Wildman–Crippen MR) is 83.0 cm³/mol. The van der Waals surface area contributed by atoms with Crippen LogP contribution >= 0.6 is 15.9 Å². The molecule has 1 aromatic carbocycles. The van der Waals surface area contributed by atoms with Gasteiger partial charge in [0.2, 0.25) is 0 Å². The Labute approximate surface area is 125 Å². The molecule has 2 aromatic rings. The molecule has 0 aliphatic rings. The highest BCUT2D eigenvalue weighted by Crippen LogP contribution is 2.15. The van der Waals surface area contributed by atoms with Gasteiger partial charge in [-0.1, -0.05) is 33.2 Å². The first-order valence-electron chi connectivity index (χ1n) is 5.99. The summed E-state index contributed by atoms with van der Waals surface area (Å²) in [5.74, 6) is 0.877. The van der Waals surface area contributed by atoms with E-state index >= 15 is 0 Å². The van der Waals surface area contributed by atoms with Crippen molar-refractivity contribution in [3.05, 3.63) is 58.2 Å². The summed E-state index contributed by atoms with van der Waals surface area (Å²) >= 11 is 3.42. The zero-order valence-electron chi connectivity index (χ0n) is 11.0. The predicted octanol–water partition coefficient (Wildman–Crippen LogP) is 2.58. The fourth-order valence-corrected chi connectivity index (χ4v) is 2.03. The number of hydrogen-bond acceptors (Lipinski definition) is 4. The second kappa shape index (κ2) is 6.38. The molecule has 0 radical (unpaired) electrons. The molecule has 0 saturated heterocycles. The molecule has 0 saturated carbocycles. The van der Waals surface area contributed by atoms with Crippen LogP contribution in [-0.2, 0) is 6.54 Å². The maximum atomic E-state index is 8.60. The number of rotatable bonds is 4. The summed E-state index contributed by atoms with van der Waals surface area (Å²) in [6.45, 7) is 0.753. The van der Waals surface area contributed by atoms with E-state index in [0.717, 1.165) is 16.8 Å². The molecule has 1 aromatic heterocycles. The third-order valence-electron chi connectivity index (χ3n) is 2.88. The fraction of sp³-hybridized carbons (Fsp3) is 0.143. The minimum atomic E-state index is 0.0552. The average Bonchev–Trinajstić information content (AvgIpc) is 2.49. The van der Waals surface area contributed by atoms with E-state index in [9.17, 15) is 0 Å². The smallest absolute Gasteiger partial charge is 0.171 e. The monoisotopic (exact) mass is 334 g/mol. The fourth-order valence-electron chi connectivity index (χ4n) is 1.77. The minimum Gasteiger partial charge on any atom is -0.409 e. The van der Waals surface area contributed by atoms with E-state index in [1.54, 1.807) is 12.3 Å². The second-order valence-electron chi connectivity index (χ2n) is 4.37. The SMILES string of the molecule is CN(Cc1ccc(Br)cc1)c1ccc(C(N)=NO)cn1. The van der Waals surface area contributed by atoms with E-state index in [4.69, 9.17) is 10.9 Å². The molecule has 2 rings (SSSR count). The molecule has 0 aliphatic heterocycles. The summed E-state index contributed by atoms with van der Waals surface area (Å²) in [5.41, 5.74) is 7.28. The third kappa shape index (κ3) is 3.48. The Hall–Kier alpha value is -2.08. The van der Waals surface area contributed by atoms with Crippen LogP contribution in [0.25, 0.3) is 0 Å². The molecule has 20 heavy (non-hydrogen) atoms. The third-order valence-corrected chi connectivity index (χ3v) is 3.40. The van der Waals surface area contributed by atoms with Gasteiger partial charge in [-0.25, -0.2) is 4.98 Å². The van der Waals surface area contributed by atoms with Crippen LogP contribution in [0.15, 0.2) is 52.2 Å². The highest BCUT2D eigenvalue weighted by molar-refractivity contribution is 9.10. The summed E-state index contributed by atoms with van der Waals surface area (Å²) in [6, 6.07) is 11.8. The summed E-state index contributed by atoms with van der Waals surface area (Å²) in [4.78, 5) is 6.33. The Bertz CT molecular complexity index is 596. The van der Waals surface area contributed by atoms with Crippen LogP contribution in [-0.4, -0.2) is 23.1 Å². The normalized spacial score (nSPS) is 11.4. The summed E-state index contributed by atoms with van der Waals surface area (Å²) in [5, 5.41) is 11.6. The number of anilines is 1. The molecule has 0 bridgehead atoms. The van der Waals surface area contributed by atoms with Crippen LogP contribution in [0.1, 0.15) is 11.1 Å². The summed E-state index contributed by atoms with van der Waals surface area (Å²) in [6.07, 6.45) is 1.59. The van der Waals surface area contributed by atoms with Gasteiger partial charge < -0.3 is 15.8 Å². The van der Waals surface area contributed by atoms with Crippen molar-refractivity contribution >= 4 is 27.6 Å². The van der Waals surface area contributed by atoms with Gasteiger partial charge in [-0.15, -0.1) is 0 Å². The van der Waals surface area contributed by atoms with Crippen LogP contribution in [0.4, 0.5) is 5.82 Å². The van der Waals surface area contributed by atoms with Gasteiger partial charge in [0, 0.05) is 29.8 Å². The lowest BCUT2D eigenvalue weighted by Gasteiger charge is -2.18. The Balaban J connectivity index is 2.09. The molecule has 0 amide bonds. The van der Waals surface area contributed by atoms with Crippen molar-refractivity contribution in [1.29, 1.82) is 0 Å². The van der Waals surface area contributed by atoms with Crippen LogP contribution in [0.2, 0.25) is 0 Å². The number of hydrogen-bond donors (Lipinski definition) is 2. The van der Waals surface area contributed by atoms with Crippen molar-refractivity contribution in [2.24, 2.45) is 10.9 Å². The minimum absolute atomic E-state index is 0.0552. The Morgan fingerprint density at radius 2 is 2.00 bits per heavy atom. The molecule has 0 aliphatic carbocycles. The van der Waals surface area contributed by atoms with Gasteiger partial charge in [-0.2, -0.15) is 0 Å². The van der Waals surface area contributed by atoms with Crippen LogP contribution in [0, 0.1) is 0 Å². The van der Waals surface area contributed by atoms with E-state index in [1.165, 1.54) is 5.56 Å². The molecule has 5 nitrogen and oxygen atoms in total. The molecule has 0 spiro atoms. The number of nitrogens with two attached hydrogens (primary N) is 1. The van der Waals surface area contributed by atoms with Crippen molar-refractivity contribution in [2.45, 2.75) is 6.54 Å². The van der Waals surface area contributed by atoms with Gasteiger partial charge in [-0.3, -0.25) is 0 Å². The van der Waals surface area contributed by atoms with Gasteiger partial charge in [0.25, 0.3) is 0 Å². The maximum Gasteiger partial charge on any atom is 0.171 e. The van der Waals surface area contributed by atoms with Gasteiger partial charge in [0.1, 0.15) is 5.82 Å². The first-order chi connectivity index (χ1) is 9.60. The number of benzene rings is 1. The van der Waals surface area contributed by atoms with Crippen LogP contribution in [0.3, 0.4) is 0 Å². The van der Waals surface area contributed by atoms with Gasteiger partial charge >= 0.3 is 0 Å². The quantitative estimate of drug-likeness (QED) is 0.390. The largest absolute Gasteiger partial charge is 0.409 e. The first kappa shape index (κ1) is 14.3. The average molecular weight is 335 g/mol. The number of halogens is 1. The Morgan fingerprint density at radius 1 is 1.30 bits per heavy atom. The van der Waals surface area contributed by atoms with E-state index in [2.05, 4.69) is 38.2 Å². The molecule has 6 heteroatoms. The number of aromatic nitrogens is 1. The molecule has 0 atom stereocenters. The molecule has 1 heterocycles. The summed E-state index contributed by atoms with van der Waals surface area (Å²) in [7, 11) is 1.97. The number of amidine groups is 1. The lowest BCUT2D eigenvalue weighted by molar-refractivity contribution is 0.318. The zero-order valence-corrected chi connectivity index (χ0v) is 12.6. The van der Waals surface area contributed by atoms with E-state index in [0.29, 0.717) is 5.56 Å². The molecular weight excluding hydrogens is 320 g/mol. The van der Waals surface area contributed by atoms with Crippen molar-refractivity contribution in [3.63, 3.8) is 0 Å². The Kier molecular flexibility index (Phi) is 4.57. The molecular formula is C14H15BrN4O. The number of pyridine rings is 1. The standard InChI is InChI=1S/C14H15BrN4O/c1-19(9-10-2-5-12(15)6-3-10)13-7-4-11(8-17-13)14(16)18-20/h2-8,20H,9H2,1H3,(H2,16,18). The van der Waals surface area contributed by atoms with Gasteiger partial charge in [-0.05, 0) is 29.8 Å². The second-order valence-corrected chi connectivity index (χ2v) is 5.29. The van der Waals surface area contributed by atoms with Gasteiger partial charge in [0.15, 0.2) is 5.84 Å². The highest BCUT2D eigenvalue weighted by atomic mass is 79.9. The lowest BCUT2D eigenvalue weighted by atomic mass is 10.2. The number of oxime groups is 1. The maximum absolute atomic E-state index is 8.60. The topological polar surface area (TPSA) is 74.7 Å². The summed E-state index contributed by atoms with van der Waals surface area (Å²) < 4.78 is 1.06. The first-order valence-corrected chi connectivity index (χ1v) is 6.79. The van der Waals surface area contributed by atoms with Crippen LogP contribution in [0.5, 0.6) is 0 Å². The van der Waals surface area contributed by atoms with E-state index in [1.807, 2.05) is 30.1 Å². The zero-order chi connectivity index (χ0) is 14.5. The Morgan fingerprint density at radius 3 is 2.55 bits per heavy atom. The molecule has 104 valence electrons. The van der Waals surface area contributed by atoms with Crippen LogP contribution < -0.4 is 10.6 Å². The van der Waals surface area contributed by atoms with Crippen molar-refractivity contribution < 1.29 is 5.21 Å². The molecule has 0 fully saturated rings.